The smallest absolute Gasteiger partial charge is 0.258 e. The number of benzene rings is 2. The van der Waals surface area contributed by atoms with Gasteiger partial charge in [-0.15, -0.1) is 0 Å². The molecule has 4 aromatic rings. The molecule has 0 spiro atoms. The SMILES string of the molecule is Cn1ccc2ccc(N3Cc4ccc(-c5cncnc5)cc4C3=O)cc21. The highest BCUT2D eigenvalue weighted by Crippen LogP contribution is 2.32. The third kappa shape index (κ3) is 2.21. The summed E-state index contributed by atoms with van der Waals surface area (Å²) in [7, 11) is 2.01. The molecule has 1 aliphatic heterocycles. The molecule has 5 rings (SSSR count). The van der Waals surface area contributed by atoms with Crippen LogP contribution in [0, 0.1) is 0 Å². The summed E-state index contributed by atoms with van der Waals surface area (Å²) >= 11 is 0. The predicted octanol–water partition coefficient (Wildman–Crippen LogP) is 3.80. The molecule has 126 valence electrons. The standard InChI is InChI=1S/C21H16N4O/c1-24-7-6-14-4-5-18(9-20(14)24)25-12-16-3-2-15(8-19(16)21(25)26)17-10-22-13-23-11-17/h2-11,13H,12H2,1H3. The van der Waals surface area contributed by atoms with E-state index < -0.39 is 0 Å². The number of amides is 1. The van der Waals surface area contributed by atoms with Gasteiger partial charge in [0.05, 0.1) is 6.54 Å². The number of carbonyl (C=O) groups excluding carboxylic acids is 1. The Morgan fingerprint density at radius 3 is 2.65 bits per heavy atom. The molecule has 5 nitrogen and oxygen atoms in total. The fourth-order valence-corrected chi connectivity index (χ4v) is 3.56. The fourth-order valence-electron chi connectivity index (χ4n) is 3.56. The van der Waals surface area contributed by atoms with Crippen LogP contribution in [0.2, 0.25) is 0 Å². The van der Waals surface area contributed by atoms with E-state index in [1.54, 1.807) is 12.4 Å². The van der Waals surface area contributed by atoms with Crippen LogP contribution in [0.4, 0.5) is 5.69 Å². The van der Waals surface area contributed by atoms with Crippen molar-refractivity contribution in [2.24, 2.45) is 7.05 Å². The maximum atomic E-state index is 13.0. The minimum Gasteiger partial charge on any atom is -0.350 e. The lowest BCUT2D eigenvalue weighted by molar-refractivity contribution is 0.0996. The van der Waals surface area contributed by atoms with Crippen molar-refractivity contribution >= 4 is 22.5 Å². The Morgan fingerprint density at radius 2 is 1.81 bits per heavy atom. The van der Waals surface area contributed by atoms with E-state index in [0.29, 0.717) is 6.54 Å². The van der Waals surface area contributed by atoms with E-state index >= 15 is 0 Å². The van der Waals surface area contributed by atoms with Crippen LogP contribution in [-0.4, -0.2) is 20.4 Å². The number of nitrogens with zero attached hydrogens (tertiary/aromatic N) is 4. The minimum atomic E-state index is 0.0345. The van der Waals surface area contributed by atoms with Gasteiger partial charge in [0.25, 0.3) is 5.91 Å². The van der Waals surface area contributed by atoms with Gasteiger partial charge < -0.3 is 9.47 Å². The fraction of sp³-hybridized carbons (Fsp3) is 0.0952. The van der Waals surface area contributed by atoms with Gasteiger partial charge in [0.2, 0.25) is 0 Å². The first kappa shape index (κ1) is 14.8. The lowest BCUT2D eigenvalue weighted by atomic mass is 10.0. The first-order valence-electron chi connectivity index (χ1n) is 8.46. The zero-order valence-corrected chi connectivity index (χ0v) is 14.3. The summed E-state index contributed by atoms with van der Waals surface area (Å²) in [6.45, 7) is 0.593. The minimum absolute atomic E-state index is 0.0345. The number of rotatable bonds is 2. The van der Waals surface area contributed by atoms with Gasteiger partial charge in [0.15, 0.2) is 0 Å². The number of carbonyl (C=O) groups is 1. The van der Waals surface area contributed by atoms with E-state index in [2.05, 4.69) is 32.7 Å². The molecule has 0 radical (unpaired) electrons. The van der Waals surface area contributed by atoms with E-state index in [9.17, 15) is 4.79 Å². The van der Waals surface area contributed by atoms with Crippen molar-refractivity contribution in [1.82, 2.24) is 14.5 Å². The molecule has 5 heteroatoms. The molecule has 0 N–H and O–H groups in total. The highest BCUT2D eigenvalue weighted by Gasteiger charge is 2.29. The number of anilines is 1. The topological polar surface area (TPSA) is 51.0 Å². The zero-order valence-electron chi connectivity index (χ0n) is 14.3. The zero-order chi connectivity index (χ0) is 17.7. The van der Waals surface area contributed by atoms with Crippen LogP contribution < -0.4 is 4.90 Å². The summed E-state index contributed by atoms with van der Waals surface area (Å²) in [4.78, 5) is 23.0. The monoisotopic (exact) mass is 340 g/mol. The first-order chi connectivity index (χ1) is 12.7. The summed E-state index contributed by atoms with van der Waals surface area (Å²) in [5.74, 6) is 0.0345. The maximum absolute atomic E-state index is 13.0. The van der Waals surface area contributed by atoms with Crippen molar-refractivity contribution in [2.75, 3.05) is 4.90 Å². The van der Waals surface area contributed by atoms with Crippen LogP contribution in [0.1, 0.15) is 15.9 Å². The molecule has 0 bridgehead atoms. The van der Waals surface area contributed by atoms with Gasteiger partial charge in [-0.2, -0.15) is 0 Å². The summed E-state index contributed by atoms with van der Waals surface area (Å²) in [6.07, 6.45) is 7.05. The third-order valence-corrected chi connectivity index (χ3v) is 4.99. The van der Waals surface area contributed by atoms with E-state index in [-0.39, 0.29) is 5.91 Å². The average molecular weight is 340 g/mol. The van der Waals surface area contributed by atoms with Crippen molar-refractivity contribution in [2.45, 2.75) is 6.54 Å². The summed E-state index contributed by atoms with van der Waals surface area (Å²) < 4.78 is 2.07. The Morgan fingerprint density at radius 1 is 0.962 bits per heavy atom. The number of fused-ring (bicyclic) bond motifs is 2. The molecule has 2 aromatic heterocycles. The van der Waals surface area contributed by atoms with Gasteiger partial charge in [0, 0.05) is 48.0 Å². The van der Waals surface area contributed by atoms with Crippen molar-refractivity contribution in [3.05, 3.63) is 78.5 Å². The average Bonchev–Trinajstić information content (AvgIpc) is 3.22. The largest absolute Gasteiger partial charge is 0.350 e. The van der Waals surface area contributed by atoms with E-state index in [1.165, 1.54) is 11.7 Å². The van der Waals surface area contributed by atoms with Crippen LogP contribution in [0.3, 0.4) is 0 Å². The highest BCUT2D eigenvalue weighted by atomic mass is 16.2. The third-order valence-electron chi connectivity index (χ3n) is 4.99. The highest BCUT2D eigenvalue weighted by molar-refractivity contribution is 6.11. The second kappa shape index (κ2) is 5.52. The Bertz CT molecular complexity index is 1150. The van der Waals surface area contributed by atoms with Crippen molar-refractivity contribution < 1.29 is 4.79 Å². The van der Waals surface area contributed by atoms with Crippen LogP contribution in [0.25, 0.3) is 22.0 Å². The molecule has 1 aliphatic rings. The maximum Gasteiger partial charge on any atom is 0.258 e. The van der Waals surface area contributed by atoms with Gasteiger partial charge in [0.1, 0.15) is 6.33 Å². The van der Waals surface area contributed by atoms with Crippen molar-refractivity contribution in [3.63, 3.8) is 0 Å². The lowest BCUT2D eigenvalue weighted by Gasteiger charge is -2.16. The molecule has 0 atom stereocenters. The normalized spacial score (nSPS) is 13.4. The van der Waals surface area contributed by atoms with Gasteiger partial charge in [-0.05, 0) is 40.8 Å². The molecular weight excluding hydrogens is 324 g/mol. The van der Waals surface area contributed by atoms with E-state index in [0.717, 1.165) is 33.5 Å². The molecule has 0 fully saturated rings. The number of hydrogen-bond acceptors (Lipinski definition) is 3. The Kier molecular flexibility index (Phi) is 3.15. The van der Waals surface area contributed by atoms with Crippen LogP contribution in [0.5, 0.6) is 0 Å². The molecule has 0 aliphatic carbocycles. The molecule has 26 heavy (non-hydrogen) atoms. The van der Waals surface area contributed by atoms with Crippen LogP contribution in [-0.2, 0) is 13.6 Å². The van der Waals surface area contributed by atoms with Gasteiger partial charge in [-0.3, -0.25) is 4.79 Å². The van der Waals surface area contributed by atoms with Crippen molar-refractivity contribution in [3.8, 4) is 11.1 Å². The molecule has 0 saturated carbocycles. The van der Waals surface area contributed by atoms with E-state index in [1.807, 2.05) is 42.4 Å². The molecule has 3 heterocycles. The number of aryl methyl sites for hydroxylation is 1. The lowest BCUT2D eigenvalue weighted by Crippen LogP contribution is -2.22. The first-order valence-corrected chi connectivity index (χ1v) is 8.46. The second-order valence-electron chi connectivity index (χ2n) is 6.56. The Balaban J connectivity index is 1.54. The molecule has 2 aromatic carbocycles. The molecule has 0 unspecified atom stereocenters. The molecule has 0 saturated heterocycles. The second-order valence-corrected chi connectivity index (χ2v) is 6.56. The summed E-state index contributed by atoms with van der Waals surface area (Å²) in [6, 6.07) is 14.2. The number of hydrogen-bond donors (Lipinski definition) is 0. The Hall–Kier alpha value is -3.47. The molecular formula is C21H16N4O. The predicted molar refractivity (Wildman–Crippen MR) is 101 cm³/mol. The van der Waals surface area contributed by atoms with Gasteiger partial charge in [-0.25, -0.2) is 9.97 Å². The van der Waals surface area contributed by atoms with E-state index in [4.69, 9.17) is 0 Å². The Labute approximate surface area is 150 Å². The summed E-state index contributed by atoms with van der Waals surface area (Å²) in [5.41, 5.74) is 5.70. The van der Waals surface area contributed by atoms with Crippen molar-refractivity contribution in [1.29, 1.82) is 0 Å². The number of aromatic nitrogens is 3. The quantitative estimate of drug-likeness (QED) is 0.558. The van der Waals surface area contributed by atoms with Crippen LogP contribution >= 0.6 is 0 Å². The van der Waals surface area contributed by atoms with Gasteiger partial charge in [-0.1, -0.05) is 18.2 Å². The molecule has 1 amide bonds. The van der Waals surface area contributed by atoms with Gasteiger partial charge >= 0.3 is 0 Å². The summed E-state index contributed by atoms with van der Waals surface area (Å²) in [5, 5.41) is 1.17. The van der Waals surface area contributed by atoms with Crippen LogP contribution in [0.15, 0.2) is 67.4 Å².